The van der Waals surface area contributed by atoms with Crippen LogP contribution in [0.25, 0.3) is 0 Å². The number of methoxy groups -OCH3 is 1. The number of carbonyl (C=O) groups is 1. The highest BCUT2D eigenvalue weighted by Gasteiger charge is 2.26. The lowest BCUT2D eigenvalue weighted by molar-refractivity contribution is -0.119. The van der Waals surface area contributed by atoms with Crippen LogP contribution in [0.15, 0.2) is 24.3 Å². The number of benzene rings is 1. The SMILES string of the molecule is CO[CH]C(=O)N(c1ccc(CF)cc1)C1CCCCC1. The first-order chi connectivity index (χ1) is 9.76. The third-order valence-electron chi connectivity index (χ3n) is 3.76. The molecule has 0 atom stereocenters. The number of halogens is 1. The molecule has 0 heterocycles. The largest absolute Gasteiger partial charge is 0.368 e. The molecule has 4 heteroatoms. The van der Waals surface area contributed by atoms with Gasteiger partial charge < -0.3 is 9.64 Å². The van der Waals surface area contributed by atoms with Crippen molar-refractivity contribution in [3.05, 3.63) is 36.4 Å². The van der Waals surface area contributed by atoms with E-state index in [4.69, 9.17) is 4.74 Å². The van der Waals surface area contributed by atoms with Gasteiger partial charge in [-0.05, 0) is 30.5 Å². The van der Waals surface area contributed by atoms with E-state index in [0.717, 1.165) is 31.4 Å². The summed E-state index contributed by atoms with van der Waals surface area (Å²) in [4.78, 5) is 14.1. The third kappa shape index (κ3) is 3.57. The monoisotopic (exact) mass is 278 g/mol. The second-order valence-electron chi connectivity index (χ2n) is 5.15. The van der Waals surface area contributed by atoms with Crippen molar-refractivity contribution < 1.29 is 13.9 Å². The van der Waals surface area contributed by atoms with Gasteiger partial charge in [0, 0.05) is 18.8 Å². The van der Waals surface area contributed by atoms with Crippen LogP contribution in [0.4, 0.5) is 10.1 Å². The maximum atomic E-state index is 12.6. The van der Waals surface area contributed by atoms with E-state index < -0.39 is 6.67 Å². The zero-order valence-corrected chi connectivity index (χ0v) is 11.8. The number of rotatable bonds is 5. The number of amides is 1. The topological polar surface area (TPSA) is 29.5 Å². The first-order valence-corrected chi connectivity index (χ1v) is 7.10. The number of carbonyl (C=O) groups excluding carboxylic acids is 1. The number of ether oxygens (including phenoxy) is 1. The summed E-state index contributed by atoms with van der Waals surface area (Å²) in [6, 6.07) is 7.28. The van der Waals surface area contributed by atoms with Crippen LogP contribution in [0.3, 0.4) is 0 Å². The first kappa shape index (κ1) is 15.0. The van der Waals surface area contributed by atoms with Gasteiger partial charge in [-0.15, -0.1) is 0 Å². The highest BCUT2D eigenvalue weighted by atomic mass is 19.1. The Hall–Kier alpha value is -1.42. The van der Waals surface area contributed by atoms with Crippen molar-refractivity contribution in [3.63, 3.8) is 0 Å². The molecule has 1 saturated carbocycles. The van der Waals surface area contributed by atoms with Crippen molar-refractivity contribution in [1.82, 2.24) is 0 Å². The summed E-state index contributed by atoms with van der Waals surface area (Å²) in [5.41, 5.74) is 1.44. The second kappa shape index (κ2) is 7.39. The normalized spacial score (nSPS) is 16.1. The van der Waals surface area contributed by atoms with Gasteiger partial charge in [-0.3, -0.25) is 4.79 Å². The average Bonchev–Trinajstić information content (AvgIpc) is 2.50. The molecule has 0 spiro atoms. The molecule has 1 aromatic rings. The summed E-state index contributed by atoms with van der Waals surface area (Å²) in [5.74, 6) is -0.146. The van der Waals surface area contributed by atoms with E-state index in [1.807, 2.05) is 12.1 Å². The molecule has 0 unspecified atom stereocenters. The molecule has 0 aromatic heterocycles. The van der Waals surface area contributed by atoms with Gasteiger partial charge in [0.25, 0.3) is 5.91 Å². The summed E-state index contributed by atoms with van der Waals surface area (Å²) >= 11 is 0. The van der Waals surface area contributed by atoms with Crippen molar-refractivity contribution in [3.8, 4) is 0 Å². The van der Waals surface area contributed by atoms with Gasteiger partial charge in [-0.2, -0.15) is 0 Å². The summed E-state index contributed by atoms with van der Waals surface area (Å²) in [5, 5.41) is 0. The summed E-state index contributed by atoms with van der Waals surface area (Å²) < 4.78 is 17.5. The summed E-state index contributed by atoms with van der Waals surface area (Å²) in [6.07, 6.45) is 5.53. The van der Waals surface area contributed by atoms with Gasteiger partial charge in [0.15, 0.2) is 6.61 Å². The second-order valence-corrected chi connectivity index (χ2v) is 5.15. The predicted molar refractivity (Wildman–Crippen MR) is 76.9 cm³/mol. The molecule has 1 aromatic carbocycles. The third-order valence-corrected chi connectivity index (χ3v) is 3.76. The molecule has 1 amide bonds. The molecule has 20 heavy (non-hydrogen) atoms. The fraction of sp³-hybridized carbons (Fsp3) is 0.500. The van der Waals surface area contributed by atoms with Gasteiger partial charge in [0.1, 0.15) is 6.67 Å². The molecular formula is C16H21FNO2. The standard InChI is InChI=1S/C16H21FNO2/c1-20-12-16(19)18(14-5-3-2-4-6-14)15-9-7-13(11-17)8-10-15/h7-10,12,14H,2-6,11H2,1H3. The van der Waals surface area contributed by atoms with Crippen LogP contribution in [0, 0.1) is 6.61 Å². The van der Waals surface area contributed by atoms with E-state index in [2.05, 4.69) is 0 Å². The van der Waals surface area contributed by atoms with Crippen LogP contribution in [-0.2, 0) is 16.2 Å². The number of anilines is 1. The van der Waals surface area contributed by atoms with Gasteiger partial charge in [0.2, 0.25) is 0 Å². The average molecular weight is 278 g/mol. The van der Waals surface area contributed by atoms with Crippen LogP contribution < -0.4 is 4.90 Å². The Morgan fingerprint density at radius 1 is 1.30 bits per heavy atom. The molecule has 0 bridgehead atoms. The van der Waals surface area contributed by atoms with Crippen LogP contribution in [-0.4, -0.2) is 19.1 Å². The van der Waals surface area contributed by atoms with E-state index in [1.54, 1.807) is 17.0 Å². The Balaban J connectivity index is 2.21. The fourth-order valence-electron chi connectivity index (χ4n) is 2.76. The highest BCUT2D eigenvalue weighted by Crippen LogP contribution is 2.28. The van der Waals surface area contributed by atoms with Crippen LogP contribution >= 0.6 is 0 Å². The molecule has 1 aliphatic rings. The molecule has 0 aliphatic heterocycles. The molecule has 1 radical (unpaired) electrons. The summed E-state index contributed by atoms with van der Waals surface area (Å²) in [6.45, 7) is 0.750. The Morgan fingerprint density at radius 3 is 2.50 bits per heavy atom. The zero-order valence-electron chi connectivity index (χ0n) is 11.8. The van der Waals surface area contributed by atoms with Crippen molar-refractivity contribution in [2.45, 2.75) is 44.8 Å². The van der Waals surface area contributed by atoms with Crippen LogP contribution in [0.5, 0.6) is 0 Å². The van der Waals surface area contributed by atoms with Gasteiger partial charge in [-0.1, -0.05) is 31.4 Å². The van der Waals surface area contributed by atoms with Crippen molar-refractivity contribution in [2.75, 3.05) is 12.0 Å². The van der Waals surface area contributed by atoms with Gasteiger partial charge in [0.05, 0.1) is 0 Å². The molecule has 109 valence electrons. The maximum absolute atomic E-state index is 12.6. The smallest absolute Gasteiger partial charge is 0.259 e. The Bertz CT molecular complexity index is 427. The molecular weight excluding hydrogens is 257 g/mol. The molecule has 2 rings (SSSR count). The maximum Gasteiger partial charge on any atom is 0.259 e. The van der Waals surface area contributed by atoms with E-state index in [9.17, 15) is 9.18 Å². The Labute approximate surface area is 119 Å². The quantitative estimate of drug-likeness (QED) is 0.823. The zero-order chi connectivity index (χ0) is 14.4. The van der Waals surface area contributed by atoms with E-state index in [-0.39, 0.29) is 11.9 Å². The first-order valence-electron chi connectivity index (χ1n) is 7.10. The minimum Gasteiger partial charge on any atom is -0.368 e. The lowest BCUT2D eigenvalue weighted by Gasteiger charge is -2.34. The van der Waals surface area contributed by atoms with Crippen LogP contribution in [0.1, 0.15) is 37.7 Å². The minimum absolute atomic E-state index is 0.146. The molecule has 0 N–H and O–H groups in total. The molecule has 3 nitrogen and oxygen atoms in total. The molecule has 1 aliphatic carbocycles. The molecule has 1 fully saturated rings. The van der Waals surface area contributed by atoms with E-state index >= 15 is 0 Å². The summed E-state index contributed by atoms with van der Waals surface area (Å²) in [7, 11) is 1.48. The Morgan fingerprint density at radius 2 is 1.95 bits per heavy atom. The van der Waals surface area contributed by atoms with Crippen molar-refractivity contribution >= 4 is 11.6 Å². The lowest BCUT2D eigenvalue weighted by atomic mass is 9.93. The van der Waals surface area contributed by atoms with Crippen LogP contribution in [0.2, 0.25) is 0 Å². The van der Waals surface area contributed by atoms with Crippen molar-refractivity contribution in [1.29, 1.82) is 0 Å². The predicted octanol–water partition coefficient (Wildman–Crippen LogP) is 3.63. The number of alkyl halides is 1. The molecule has 0 saturated heterocycles. The number of hydrogen-bond acceptors (Lipinski definition) is 2. The number of nitrogens with zero attached hydrogens (tertiary/aromatic N) is 1. The number of hydrogen-bond donors (Lipinski definition) is 0. The van der Waals surface area contributed by atoms with Gasteiger partial charge >= 0.3 is 0 Å². The lowest BCUT2D eigenvalue weighted by Crippen LogP contribution is -2.42. The highest BCUT2D eigenvalue weighted by molar-refractivity contribution is 5.98. The fourth-order valence-corrected chi connectivity index (χ4v) is 2.76. The van der Waals surface area contributed by atoms with Crippen molar-refractivity contribution in [2.24, 2.45) is 0 Å². The van der Waals surface area contributed by atoms with E-state index in [0.29, 0.717) is 5.56 Å². The Kier molecular flexibility index (Phi) is 5.53. The van der Waals surface area contributed by atoms with Gasteiger partial charge in [-0.25, -0.2) is 4.39 Å². The minimum atomic E-state index is -0.484. The van der Waals surface area contributed by atoms with E-state index in [1.165, 1.54) is 20.1 Å².